The van der Waals surface area contributed by atoms with Crippen LogP contribution in [-0.4, -0.2) is 50.7 Å². The van der Waals surface area contributed by atoms with Crippen LogP contribution >= 0.6 is 0 Å². The van der Waals surface area contributed by atoms with Crippen LogP contribution in [0, 0.1) is 26.6 Å². The summed E-state index contributed by atoms with van der Waals surface area (Å²) in [6.45, 7) is 5.05. The van der Waals surface area contributed by atoms with Gasteiger partial charge in [-0.2, -0.15) is 4.39 Å². The first-order valence-corrected chi connectivity index (χ1v) is 8.87. The van der Waals surface area contributed by atoms with Crippen molar-refractivity contribution in [1.82, 2.24) is 9.55 Å². The maximum Gasteiger partial charge on any atom is 0.338 e. The van der Waals surface area contributed by atoms with Gasteiger partial charge >= 0.3 is 11.7 Å². The maximum absolute atomic E-state index is 13.5. The van der Waals surface area contributed by atoms with E-state index in [1.807, 2.05) is 19.1 Å². The predicted molar refractivity (Wildman–Crippen MR) is 98.1 cm³/mol. The Morgan fingerprint density at radius 1 is 1.21 bits per heavy atom. The molecule has 10 heteroatoms. The van der Waals surface area contributed by atoms with Crippen molar-refractivity contribution in [2.75, 3.05) is 6.61 Å². The highest BCUT2D eigenvalue weighted by Gasteiger charge is 2.45. The lowest BCUT2D eigenvalue weighted by atomic mass is 10.00. The minimum atomic E-state index is -1.61. The van der Waals surface area contributed by atoms with Crippen molar-refractivity contribution < 1.29 is 28.9 Å². The molecule has 1 aliphatic heterocycles. The lowest BCUT2D eigenvalue weighted by molar-refractivity contribution is -0.0602. The second-order valence-electron chi connectivity index (χ2n) is 7.06. The Kier molecular flexibility index (Phi) is 5.69. The number of esters is 1. The van der Waals surface area contributed by atoms with E-state index in [1.165, 1.54) is 0 Å². The number of nitrogens with zero attached hydrogens (tertiary/aromatic N) is 1. The van der Waals surface area contributed by atoms with Gasteiger partial charge in [0, 0.05) is 0 Å². The Morgan fingerprint density at radius 2 is 1.83 bits per heavy atom. The number of rotatable bonds is 4. The standard InChI is InChI=1S/C19H21FN2O7/c1-8-4-9(2)13(10(3)5-8)18(26)28-7-12-14(23)15(24)17(29-12)22-6-11(20)16(25)21-19(22)27/h4-6,12,14-15,17,23-24H,7H2,1-3H3,(H,21,25,27)/t12-,14?,15?,17-/m0/s1. The van der Waals surface area contributed by atoms with Crippen molar-refractivity contribution in [3.8, 4) is 0 Å². The van der Waals surface area contributed by atoms with Crippen molar-refractivity contribution >= 4 is 5.97 Å². The van der Waals surface area contributed by atoms with E-state index in [9.17, 15) is 29.0 Å². The number of benzene rings is 1. The van der Waals surface area contributed by atoms with E-state index in [0.717, 1.165) is 16.7 Å². The number of H-pyrrole nitrogens is 1. The van der Waals surface area contributed by atoms with Gasteiger partial charge in [-0.3, -0.25) is 14.3 Å². The molecule has 1 aromatic carbocycles. The van der Waals surface area contributed by atoms with Crippen molar-refractivity contribution in [2.45, 2.75) is 45.3 Å². The zero-order valence-corrected chi connectivity index (χ0v) is 16.0. The summed E-state index contributed by atoms with van der Waals surface area (Å²) in [6.07, 6.45) is -5.16. The fraction of sp³-hybridized carbons (Fsp3) is 0.421. The largest absolute Gasteiger partial charge is 0.459 e. The van der Waals surface area contributed by atoms with Crippen molar-refractivity contribution in [3.63, 3.8) is 0 Å². The van der Waals surface area contributed by atoms with Crippen LogP contribution in [0.3, 0.4) is 0 Å². The number of hydrogen-bond donors (Lipinski definition) is 3. The average Bonchev–Trinajstić information content (AvgIpc) is 2.90. The molecular formula is C19H21FN2O7. The van der Waals surface area contributed by atoms with Gasteiger partial charge < -0.3 is 19.7 Å². The normalized spacial score (nSPS) is 23.9. The summed E-state index contributed by atoms with van der Waals surface area (Å²) in [7, 11) is 0. The number of aryl methyl sites for hydroxylation is 3. The minimum absolute atomic E-state index is 0.388. The zero-order chi connectivity index (χ0) is 21.5. The number of aliphatic hydroxyl groups excluding tert-OH is 2. The first-order chi connectivity index (χ1) is 13.6. The molecule has 3 rings (SSSR count). The number of nitrogens with one attached hydrogen (secondary N) is 1. The molecule has 0 radical (unpaired) electrons. The quantitative estimate of drug-likeness (QED) is 0.611. The third-order valence-corrected chi connectivity index (χ3v) is 4.80. The van der Waals surface area contributed by atoms with Crippen LogP contribution in [0.2, 0.25) is 0 Å². The van der Waals surface area contributed by atoms with Crippen molar-refractivity contribution in [1.29, 1.82) is 0 Å². The van der Waals surface area contributed by atoms with Crippen molar-refractivity contribution in [2.24, 2.45) is 0 Å². The van der Waals surface area contributed by atoms with Crippen LogP contribution < -0.4 is 11.2 Å². The van der Waals surface area contributed by atoms with E-state index in [0.29, 0.717) is 16.3 Å². The molecule has 29 heavy (non-hydrogen) atoms. The lowest BCUT2D eigenvalue weighted by Crippen LogP contribution is -2.38. The fourth-order valence-corrected chi connectivity index (χ4v) is 3.48. The Bertz CT molecular complexity index is 1040. The monoisotopic (exact) mass is 408 g/mol. The molecule has 2 unspecified atom stereocenters. The summed E-state index contributed by atoms with van der Waals surface area (Å²) in [4.78, 5) is 37.2. The summed E-state index contributed by atoms with van der Waals surface area (Å²) >= 11 is 0. The van der Waals surface area contributed by atoms with Crippen LogP contribution in [0.15, 0.2) is 27.9 Å². The molecule has 0 spiro atoms. The van der Waals surface area contributed by atoms with Gasteiger partial charge in [-0.1, -0.05) is 17.7 Å². The molecule has 1 saturated heterocycles. The number of aromatic amines is 1. The smallest absolute Gasteiger partial charge is 0.338 e. The molecule has 9 nitrogen and oxygen atoms in total. The number of carbonyl (C=O) groups excluding carboxylic acids is 1. The first kappa shape index (κ1) is 20.9. The van der Waals surface area contributed by atoms with Gasteiger partial charge in [-0.15, -0.1) is 0 Å². The van der Waals surface area contributed by atoms with E-state index in [4.69, 9.17) is 9.47 Å². The third-order valence-electron chi connectivity index (χ3n) is 4.80. The molecule has 0 bridgehead atoms. The SMILES string of the molecule is Cc1cc(C)c(C(=O)OC[C@@H]2O[C@H](n3cc(F)c(=O)[nH]c3=O)C(O)C2O)c(C)c1. The van der Waals surface area contributed by atoms with Gasteiger partial charge in [0.25, 0.3) is 5.56 Å². The van der Waals surface area contributed by atoms with E-state index < -0.39 is 54.2 Å². The highest BCUT2D eigenvalue weighted by Crippen LogP contribution is 2.29. The Labute approximate surface area is 164 Å². The van der Waals surface area contributed by atoms with Crippen LogP contribution in [0.5, 0.6) is 0 Å². The van der Waals surface area contributed by atoms with E-state index >= 15 is 0 Å². The van der Waals surface area contributed by atoms with Gasteiger partial charge in [0.1, 0.15) is 24.9 Å². The maximum atomic E-state index is 13.5. The second-order valence-corrected chi connectivity index (χ2v) is 7.06. The molecule has 1 aromatic heterocycles. The number of hydrogen-bond acceptors (Lipinski definition) is 7. The van der Waals surface area contributed by atoms with Crippen LogP contribution in [0.25, 0.3) is 0 Å². The molecule has 0 aliphatic carbocycles. The first-order valence-electron chi connectivity index (χ1n) is 8.87. The number of aliphatic hydroxyl groups is 2. The van der Waals surface area contributed by atoms with E-state index in [-0.39, 0.29) is 0 Å². The van der Waals surface area contributed by atoms with Gasteiger partial charge in [0.2, 0.25) is 5.82 Å². The van der Waals surface area contributed by atoms with Crippen LogP contribution in [0.1, 0.15) is 33.3 Å². The molecule has 1 fully saturated rings. The van der Waals surface area contributed by atoms with Crippen LogP contribution in [0.4, 0.5) is 4.39 Å². The van der Waals surface area contributed by atoms with Crippen molar-refractivity contribution in [3.05, 3.63) is 67.2 Å². The topological polar surface area (TPSA) is 131 Å². The summed E-state index contributed by atoms with van der Waals surface area (Å²) < 4.78 is 24.8. The molecule has 2 aromatic rings. The highest BCUT2D eigenvalue weighted by atomic mass is 19.1. The molecule has 0 amide bonds. The summed E-state index contributed by atoms with van der Waals surface area (Å²) in [6, 6.07) is 3.67. The summed E-state index contributed by atoms with van der Waals surface area (Å²) in [5.74, 6) is -1.88. The second kappa shape index (κ2) is 7.90. The molecule has 0 saturated carbocycles. The van der Waals surface area contributed by atoms with E-state index in [1.54, 1.807) is 18.8 Å². The Hall–Kier alpha value is -2.82. The van der Waals surface area contributed by atoms with Gasteiger partial charge in [-0.05, 0) is 31.9 Å². The summed E-state index contributed by atoms with van der Waals surface area (Å²) in [5, 5.41) is 20.4. The molecule has 4 atom stereocenters. The Balaban J connectivity index is 1.75. The molecule has 156 valence electrons. The number of halogens is 1. The zero-order valence-electron chi connectivity index (χ0n) is 16.0. The highest BCUT2D eigenvalue weighted by molar-refractivity contribution is 5.92. The summed E-state index contributed by atoms with van der Waals surface area (Å²) in [5.41, 5.74) is 0.613. The molecule has 3 N–H and O–H groups in total. The lowest BCUT2D eigenvalue weighted by Gasteiger charge is -2.17. The van der Waals surface area contributed by atoms with E-state index in [2.05, 4.69) is 0 Å². The predicted octanol–water partition coefficient (Wildman–Crippen LogP) is 0.0772. The number of aromatic nitrogens is 2. The van der Waals surface area contributed by atoms with Gasteiger partial charge in [-0.25, -0.2) is 9.59 Å². The van der Waals surface area contributed by atoms with Gasteiger partial charge in [0.15, 0.2) is 6.23 Å². The average molecular weight is 408 g/mol. The molecule has 2 heterocycles. The van der Waals surface area contributed by atoms with Gasteiger partial charge in [0.05, 0.1) is 11.8 Å². The number of ether oxygens (including phenoxy) is 2. The Morgan fingerprint density at radius 3 is 2.45 bits per heavy atom. The number of carbonyl (C=O) groups is 1. The fourth-order valence-electron chi connectivity index (χ4n) is 3.48. The molecule has 1 aliphatic rings. The third kappa shape index (κ3) is 4.00. The van der Waals surface area contributed by atoms with Crippen LogP contribution in [-0.2, 0) is 9.47 Å². The minimum Gasteiger partial charge on any atom is -0.459 e. The molecular weight excluding hydrogens is 387 g/mol.